The zero-order chi connectivity index (χ0) is 33.1. The van der Waals surface area contributed by atoms with Crippen LogP contribution in [0.2, 0.25) is 0 Å². The highest BCUT2D eigenvalue weighted by molar-refractivity contribution is 5.76. The van der Waals surface area contributed by atoms with Crippen LogP contribution in [0.1, 0.15) is 168 Å². The van der Waals surface area contributed by atoms with E-state index in [0.717, 1.165) is 51.4 Å². The summed E-state index contributed by atoms with van der Waals surface area (Å²) in [5.41, 5.74) is 0. The van der Waals surface area contributed by atoms with Crippen molar-refractivity contribution < 1.29 is 39.8 Å². The van der Waals surface area contributed by atoms with Gasteiger partial charge in [-0.25, -0.2) is 0 Å². The molecule has 1 heterocycles. The van der Waals surface area contributed by atoms with Crippen molar-refractivity contribution in [3.05, 3.63) is 0 Å². The molecule has 268 valence electrons. The average molecular weight is 646 g/mol. The van der Waals surface area contributed by atoms with E-state index in [1.807, 2.05) is 0 Å². The van der Waals surface area contributed by atoms with Crippen molar-refractivity contribution >= 4 is 5.91 Å². The summed E-state index contributed by atoms with van der Waals surface area (Å²) in [6, 6.07) is -0.707. The standard InChI is InChI=1S/C36H71NO8/c1-3-5-7-9-10-11-12-13-14-15-16-17-18-19-20-22-23-25-30(39)29(37-32(40)26-24-21-8-6-4-2)28-44-36-35(43)34(42)33(41)31(27-38)45-36/h29-31,33-36,38-39,41-43H,3-28H2,1-2H3,(H,37,40). The molecule has 1 rings (SSSR count). The lowest BCUT2D eigenvalue weighted by Gasteiger charge is -2.40. The Morgan fingerprint density at radius 2 is 1.11 bits per heavy atom. The van der Waals surface area contributed by atoms with Gasteiger partial charge in [-0.1, -0.05) is 149 Å². The van der Waals surface area contributed by atoms with Crippen molar-refractivity contribution in [1.29, 1.82) is 0 Å². The minimum Gasteiger partial charge on any atom is -0.394 e. The van der Waals surface area contributed by atoms with E-state index in [1.54, 1.807) is 0 Å². The Morgan fingerprint density at radius 1 is 0.667 bits per heavy atom. The number of hydrogen-bond donors (Lipinski definition) is 6. The molecule has 6 N–H and O–H groups in total. The Morgan fingerprint density at radius 3 is 1.58 bits per heavy atom. The fourth-order valence-corrected chi connectivity index (χ4v) is 6.10. The second-order valence-electron chi connectivity index (χ2n) is 13.4. The van der Waals surface area contributed by atoms with Crippen LogP contribution >= 0.6 is 0 Å². The predicted octanol–water partition coefficient (Wildman–Crippen LogP) is 6.05. The number of amides is 1. The highest BCUT2D eigenvalue weighted by Crippen LogP contribution is 2.23. The monoisotopic (exact) mass is 646 g/mol. The van der Waals surface area contributed by atoms with Gasteiger partial charge in [0.1, 0.15) is 24.4 Å². The van der Waals surface area contributed by atoms with Crippen LogP contribution in [-0.4, -0.2) is 87.5 Å². The lowest BCUT2D eigenvalue weighted by molar-refractivity contribution is -0.302. The molecule has 1 aliphatic heterocycles. The Labute approximate surface area is 274 Å². The van der Waals surface area contributed by atoms with E-state index in [-0.39, 0.29) is 12.5 Å². The van der Waals surface area contributed by atoms with Crippen LogP contribution in [0.5, 0.6) is 0 Å². The van der Waals surface area contributed by atoms with Crippen molar-refractivity contribution in [3.63, 3.8) is 0 Å². The molecule has 9 nitrogen and oxygen atoms in total. The smallest absolute Gasteiger partial charge is 0.220 e. The summed E-state index contributed by atoms with van der Waals surface area (Å²) in [7, 11) is 0. The molecule has 0 aromatic carbocycles. The summed E-state index contributed by atoms with van der Waals surface area (Å²) < 4.78 is 11.1. The third-order valence-electron chi connectivity index (χ3n) is 9.21. The first-order chi connectivity index (χ1) is 21.8. The average Bonchev–Trinajstić information content (AvgIpc) is 3.03. The van der Waals surface area contributed by atoms with E-state index < -0.39 is 49.5 Å². The normalized spacial score (nSPS) is 23.2. The van der Waals surface area contributed by atoms with Crippen LogP contribution < -0.4 is 5.32 Å². The van der Waals surface area contributed by atoms with E-state index in [9.17, 15) is 30.3 Å². The SMILES string of the molecule is CCCCCCCCCCCCCCCCCCCC(O)C(COC1OC(CO)C(O)C(O)C1O)NC(=O)CCCCCCC. The molecule has 0 bridgehead atoms. The molecule has 1 saturated heterocycles. The van der Waals surface area contributed by atoms with Crippen molar-refractivity contribution in [2.75, 3.05) is 13.2 Å². The largest absolute Gasteiger partial charge is 0.394 e. The number of aliphatic hydroxyl groups excluding tert-OH is 5. The fraction of sp³-hybridized carbons (Fsp3) is 0.972. The number of ether oxygens (including phenoxy) is 2. The summed E-state index contributed by atoms with van der Waals surface area (Å²) in [6.45, 7) is 3.73. The number of unbranched alkanes of at least 4 members (excludes halogenated alkanes) is 20. The predicted molar refractivity (Wildman–Crippen MR) is 180 cm³/mol. The number of aliphatic hydroxyl groups is 5. The first-order valence-corrected chi connectivity index (χ1v) is 18.7. The maximum absolute atomic E-state index is 12.7. The molecule has 1 aliphatic rings. The molecule has 1 fully saturated rings. The molecule has 7 atom stereocenters. The fourth-order valence-electron chi connectivity index (χ4n) is 6.10. The van der Waals surface area contributed by atoms with Crippen LogP contribution in [0.25, 0.3) is 0 Å². The summed E-state index contributed by atoms with van der Waals surface area (Å²) in [5, 5.41) is 53.7. The molecule has 0 aliphatic carbocycles. The van der Waals surface area contributed by atoms with E-state index in [1.165, 1.54) is 89.9 Å². The first kappa shape index (κ1) is 42.2. The van der Waals surface area contributed by atoms with E-state index in [0.29, 0.717) is 12.8 Å². The molecule has 1 amide bonds. The summed E-state index contributed by atoms with van der Waals surface area (Å²) in [5.74, 6) is -0.157. The second-order valence-corrected chi connectivity index (χ2v) is 13.4. The molecular weight excluding hydrogens is 574 g/mol. The van der Waals surface area contributed by atoms with Gasteiger partial charge in [-0.05, 0) is 12.8 Å². The topological polar surface area (TPSA) is 149 Å². The van der Waals surface area contributed by atoms with Crippen molar-refractivity contribution in [2.24, 2.45) is 0 Å². The molecule has 0 aromatic heterocycles. The van der Waals surface area contributed by atoms with Gasteiger partial charge in [0.15, 0.2) is 6.29 Å². The van der Waals surface area contributed by atoms with Gasteiger partial charge in [0.2, 0.25) is 5.91 Å². The molecule has 0 spiro atoms. The van der Waals surface area contributed by atoms with Crippen LogP contribution in [0, 0.1) is 0 Å². The molecule has 0 saturated carbocycles. The number of rotatable bonds is 30. The minimum absolute atomic E-state index is 0.135. The van der Waals surface area contributed by atoms with Crippen LogP contribution in [0.4, 0.5) is 0 Å². The zero-order valence-corrected chi connectivity index (χ0v) is 28.9. The number of carbonyl (C=O) groups is 1. The van der Waals surface area contributed by atoms with Gasteiger partial charge >= 0.3 is 0 Å². The van der Waals surface area contributed by atoms with E-state index in [2.05, 4.69) is 19.2 Å². The van der Waals surface area contributed by atoms with Gasteiger partial charge in [-0.3, -0.25) is 4.79 Å². The number of hydrogen-bond acceptors (Lipinski definition) is 8. The van der Waals surface area contributed by atoms with E-state index >= 15 is 0 Å². The molecule has 7 unspecified atom stereocenters. The van der Waals surface area contributed by atoms with Crippen molar-refractivity contribution in [2.45, 2.75) is 211 Å². The Hall–Kier alpha value is -0.810. The highest BCUT2D eigenvalue weighted by Gasteiger charge is 2.44. The van der Waals surface area contributed by atoms with Crippen molar-refractivity contribution in [1.82, 2.24) is 5.32 Å². The molecule has 0 aromatic rings. The maximum atomic E-state index is 12.7. The first-order valence-electron chi connectivity index (χ1n) is 18.7. The minimum atomic E-state index is -1.54. The third-order valence-corrected chi connectivity index (χ3v) is 9.21. The van der Waals surface area contributed by atoms with Crippen molar-refractivity contribution in [3.8, 4) is 0 Å². The Kier molecular flexibility index (Phi) is 26.5. The highest BCUT2D eigenvalue weighted by atomic mass is 16.7. The van der Waals surface area contributed by atoms with Gasteiger partial charge in [0.05, 0.1) is 25.4 Å². The second kappa shape index (κ2) is 28.2. The van der Waals surface area contributed by atoms with E-state index in [4.69, 9.17) is 9.47 Å². The van der Waals surface area contributed by atoms with Crippen LogP contribution in [0.15, 0.2) is 0 Å². The van der Waals surface area contributed by atoms with Gasteiger partial charge in [-0.2, -0.15) is 0 Å². The van der Waals surface area contributed by atoms with Crippen LogP contribution in [0.3, 0.4) is 0 Å². The van der Waals surface area contributed by atoms with Gasteiger partial charge in [0, 0.05) is 6.42 Å². The van der Waals surface area contributed by atoms with Gasteiger partial charge in [0.25, 0.3) is 0 Å². The van der Waals surface area contributed by atoms with Gasteiger partial charge < -0.3 is 40.3 Å². The number of nitrogens with one attached hydrogen (secondary N) is 1. The Balaban J connectivity index is 2.31. The Bertz CT molecular complexity index is 681. The molecule has 9 heteroatoms. The number of carbonyl (C=O) groups excluding carboxylic acids is 1. The summed E-state index contributed by atoms with van der Waals surface area (Å²) in [6.07, 6.45) is 20.1. The zero-order valence-electron chi connectivity index (χ0n) is 28.9. The molecular formula is C36H71NO8. The van der Waals surface area contributed by atoms with Gasteiger partial charge in [-0.15, -0.1) is 0 Å². The van der Waals surface area contributed by atoms with Crippen LogP contribution in [-0.2, 0) is 14.3 Å². The quantitative estimate of drug-likeness (QED) is 0.0517. The summed E-state index contributed by atoms with van der Waals surface area (Å²) >= 11 is 0. The lowest BCUT2D eigenvalue weighted by Crippen LogP contribution is -2.60. The summed E-state index contributed by atoms with van der Waals surface area (Å²) in [4.78, 5) is 12.7. The lowest BCUT2D eigenvalue weighted by atomic mass is 9.99. The maximum Gasteiger partial charge on any atom is 0.220 e. The molecule has 45 heavy (non-hydrogen) atoms. The molecule has 0 radical (unpaired) electrons. The third kappa shape index (κ3) is 20.2.